The van der Waals surface area contributed by atoms with Crippen LogP contribution in [0.25, 0.3) is 20.9 Å². The third-order valence-electron chi connectivity index (χ3n) is 14.1. The van der Waals surface area contributed by atoms with E-state index in [9.17, 15) is 30.3 Å². The summed E-state index contributed by atoms with van der Waals surface area (Å²) in [4.78, 5) is 30.9. The molecule has 2 fully saturated rings. The molecule has 3 aliphatic rings. The van der Waals surface area contributed by atoms with Gasteiger partial charge in [-0.05, 0) is 69.6 Å². The van der Waals surface area contributed by atoms with Crippen LogP contribution in [0.4, 0.5) is 9.59 Å². The molecule has 26 heteroatoms. The molecule has 0 amide bonds. The molecule has 0 aromatic heterocycles. The fraction of sp³-hybridized carbons (Fsp3) is 0.556. The molecule has 1 N–H and O–H groups in total. The molecule has 10 atom stereocenters. The number of hydrogen-bond donors (Lipinski definition) is 1. The van der Waals surface area contributed by atoms with Gasteiger partial charge in [-0.15, -0.1) is 0 Å². The van der Waals surface area contributed by atoms with E-state index < -0.39 is 98.1 Å². The van der Waals surface area contributed by atoms with E-state index in [1.807, 2.05) is 132 Å². The van der Waals surface area contributed by atoms with Crippen molar-refractivity contribution >= 4 is 36.8 Å². The molecule has 0 saturated carbocycles. The third-order valence-corrected chi connectivity index (χ3v) is 24.3. The molecule has 438 valence electrons. The molecule has 23 nitrogen and oxygen atoms in total. The van der Waals surface area contributed by atoms with Crippen LogP contribution in [0.2, 0.25) is 36.3 Å². The number of nitrogens with zero attached hydrogens (tertiary/aromatic N) is 6. The van der Waals surface area contributed by atoms with Crippen LogP contribution < -0.4 is 0 Å². The molecule has 0 radical (unpaired) electrons. The lowest BCUT2D eigenvalue weighted by Gasteiger charge is -2.47. The van der Waals surface area contributed by atoms with Gasteiger partial charge in [-0.1, -0.05) is 162 Å². The van der Waals surface area contributed by atoms with Gasteiger partial charge in [0, 0.05) is 9.82 Å². The van der Waals surface area contributed by atoms with Crippen LogP contribution in [-0.4, -0.2) is 122 Å². The number of phosphoric ester groups is 1. The van der Waals surface area contributed by atoms with Crippen molar-refractivity contribution < 1.29 is 79.6 Å². The van der Waals surface area contributed by atoms with Crippen molar-refractivity contribution in [1.82, 2.24) is 0 Å². The summed E-state index contributed by atoms with van der Waals surface area (Å²) in [6.45, 7) is 27.5. The van der Waals surface area contributed by atoms with Crippen LogP contribution in [-0.2, 0) is 91.3 Å². The van der Waals surface area contributed by atoms with Gasteiger partial charge in [0.2, 0.25) is 0 Å². The molecule has 80 heavy (non-hydrogen) atoms. The quantitative estimate of drug-likeness (QED) is 0.0186. The van der Waals surface area contributed by atoms with Gasteiger partial charge in [-0.2, -0.15) is 0 Å². The number of phosphoric acid groups is 1. The van der Waals surface area contributed by atoms with E-state index in [0.29, 0.717) is 6.61 Å². The molecule has 0 aliphatic carbocycles. The minimum Gasteiger partial charge on any atom is -0.430 e. The lowest BCUT2D eigenvalue weighted by atomic mass is 9.97. The average Bonchev–Trinajstić information content (AvgIpc) is 3.57. The van der Waals surface area contributed by atoms with Crippen molar-refractivity contribution in [3.8, 4) is 0 Å². The van der Waals surface area contributed by atoms with Crippen LogP contribution in [0, 0.1) is 0 Å². The van der Waals surface area contributed by atoms with Crippen molar-refractivity contribution in [1.29, 1.82) is 0 Å². The van der Waals surface area contributed by atoms with Crippen LogP contribution in [0.1, 0.15) is 63.8 Å². The fourth-order valence-electron chi connectivity index (χ4n) is 7.62. The number of rotatable bonds is 22. The van der Waals surface area contributed by atoms with Gasteiger partial charge in [-0.3, -0.25) is 13.6 Å². The Morgan fingerprint density at radius 1 is 0.662 bits per heavy atom. The Morgan fingerprint density at radius 2 is 1.06 bits per heavy atom. The maximum atomic E-state index is 14.1. The van der Waals surface area contributed by atoms with Gasteiger partial charge in [0.05, 0.1) is 39.6 Å². The van der Waals surface area contributed by atoms with Gasteiger partial charge >= 0.3 is 20.1 Å². The SMILES string of the molecule is C=CCOC(=O)O[C@@H]1C(N=[N+]=[N-])[C@H](O[Si](C)(C)C(C)(C)C)OC(COCc2ccccc2)[C@H]1O.C=CCOC(=O)O[C@@H]1C(N=[N+]=[N-])[C@H](O[Si](C)(C)C(C)(C)C)OC(COCc2ccccc2)[C@H]1OP1(=O)OCc2ccccc2CO1. The van der Waals surface area contributed by atoms with Crippen molar-refractivity contribution in [3.63, 3.8) is 0 Å². The zero-order valence-corrected chi connectivity index (χ0v) is 50.1. The highest BCUT2D eigenvalue weighted by molar-refractivity contribution is 7.48. The average molecular weight is 1170 g/mol. The minimum absolute atomic E-state index is 0.00201. The Labute approximate surface area is 470 Å². The first-order chi connectivity index (χ1) is 37.9. The number of hydrogen-bond acceptors (Lipinski definition) is 19. The summed E-state index contributed by atoms with van der Waals surface area (Å²) in [5, 5.41) is 18.2. The molecule has 0 spiro atoms. The predicted molar refractivity (Wildman–Crippen MR) is 299 cm³/mol. The summed E-state index contributed by atoms with van der Waals surface area (Å²) in [6.07, 6.45) is -8.94. The molecule has 0 bridgehead atoms. The third kappa shape index (κ3) is 18.8. The lowest BCUT2D eigenvalue weighted by molar-refractivity contribution is -0.248. The van der Waals surface area contributed by atoms with Crippen molar-refractivity contribution in [2.45, 2.75) is 166 Å². The van der Waals surface area contributed by atoms with Gasteiger partial charge in [-0.25, -0.2) is 14.2 Å². The Bertz CT molecular complexity index is 2600. The molecule has 3 aliphatic heterocycles. The largest absolute Gasteiger partial charge is 0.508 e. The number of benzene rings is 3. The Hall–Kier alpha value is -5.44. The summed E-state index contributed by atoms with van der Waals surface area (Å²) in [5.41, 5.74) is 22.2. The Balaban J connectivity index is 0.000000308. The highest BCUT2D eigenvalue weighted by Crippen LogP contribution is 2.55. The van der Waals surface area contributed by atoms with E-state index in [1.165, 1.54) is 12.2 Å². The first kappa shape index (κ1) is 65.4. The van der Waals surface area contributed by atoms with E-state index in [1.54, 1.807) is 0 Å². The Kier molecular flexibility index (Phi) is 24.5. The molecular weight excluding hydrogens is 1090 g/mol. The smallest absolute Gasteiger partial charge is 0.430 e. The summed E-state index contributed by atoms with van der Waals surface area (Å²) in [5.74, 6) is 0. The highest BCUT2D eigenvalue weighted by Gasteiger charge is 2.55. The maximum Gasteiger partial charge on any atom is 0.508 e. The minimum atomic E-state index is -4.32. The molecule has 2 saturated heterocycles. The van der Waals surface area contributed by atoms with Crippen molar-refractivity contribution in [2.75, 3.05) is 26.4 Å². The number of aliphatic hydroxyl groups excluding tert-OH is 1. The molecular formula is C54H77N6O17PSi2. The standard InChI is InChI=1S/C31H42N3O10PSi.C23H35N3O7Si/c1-7-17-38-30(35)42-28-26(33-34-32)29(44-46(5,6)31(2,3)4)41-25(21-37-18-22-13-9-8-10-14-22)27(28)43-45(36)39-19-23-15-11-12-16-24(23)20-40-45;1-7-13-30-22(28)32-20-18(25-26-24)21(33-34(5,6)23(2,3)4)31-17(19(20)27)15-29-14-16-11-9-8-10-12-16/h7-16,25-29H,1,17-21H2,2-6H3;7-12,17-21,27H,1,13-15H2,2-6H3/t25?,26?,27-,28-,29+;17?,18?,19-,20-,21+/m11/s1. The molecule has 3 aromatic carbocycles. The summed E-state index contributed by atoms with van der Waals surface area (Å²) < 4.78 is 90.0. The number of fused-ring (bicyclic) bond motifs is 1. The predicted octanol–water partition coefficient (Wildman–Crippen LogP) is 12.3. The monoisotopic (exact) mass is 1170 g/mol. The van der Waals surface area contributed by atoms with Gasteiger partial charge in [0.1, 0.15) is 61.9 Å². The highest BCUT2D eigenvalue weighted by atomic mass is 31.2. The second kappa shape index (κ2) is 30.0. The van der Waals surface area contributed by atoms with Crippen LogP contribution in [0.15, 0.2) is 120 Å². The van der Waals surface area contributed by atoms with Crippen molar-refractivity contribution in [3.05, 3.63) is 153 Å². The first-order valence-corrected chi connectivity index (χ1v) is 33.3. The van der Waals surface area contributed by atoms with Crippen molar-refractivity contribution in [2.24, 2.45) is 10.2 Å². The summed E-state index contributed by atoms with van der Waals surface area (Å²) in [7, 11) is -9.29. The number of ether oxygens (including phenoxy) is 8. The van der Waals surface area contributed by atoms with Gasteiger partial charge in [0.25, 0.3) is 0 Å². The topological polar surface area (TPSA) is 289 Å². The van der Waals surface area contributed by atoms with E-state index in [2.05, 4.69) is 54.0 Å². The van der Waals surface area contributed by atoms with E-state index in [-0.39, 0.29) is 56.3 Å². The number of azide groups is 2. The summed E-state index contributed by atoms with van der Waals surface area (Å²) >= 11 is 0. The second-order valence-electron chi connectivity index (χ2n) is 21.9. The zero-order chi connectivity index (χ0) is 58.7. The van der Waals surface area contributed by atoms with E-state index >= 15 is 0 Å². The Morgan fingerprint density at radius 3 is 1.49 bits per heavy atom. The summed E-state index contributed by atoms with van der Waals surface area (Å²) in [6, 6.07) is 23.9. The van der Waals surface area contributed by atoms with Crippen LogP contribution in [0.3, 0.4) is 0 Å². The first-order valence-electron chi connectivity index (χ1n) is 26.0. The van der Waals surface area contributed by atoms with Crippen LogP contribution in [0.5, 0.6) is 0 Å². The zero-order valence-electron chi connectivity index (χ0n) is 47.2. The number of aliphatic hydroxyl groups is 1. The second-order valence-corrected chi connectivity index (χ2v) is 33.1. The van der Waals surface area contributed by atoms with Gasteiger partial charge < -0.3 is 51.9 Å². The normalized spacial score (nSPS) is 24.8. The molecule has 4 unspecified atom stereocenters. The van der Waals surface area contributed by atoms with E-state index in [4.69, 9.17) is 60.3 Å². The number of carbonyl (C=O) groups excluding carboxylic acids is 2. The van der Waals surface area contributed by atoms with Gasteiger partial charge in [0.15, 0.2) is 29.2 Å². The van der Waals surface area contributed by atoms with E-state index in [0.717, 1.165) is 22.3 Å². The molecule has 3 aromatic rings. The number of carbonyl (C=O) groups is 2. The molecule has 3 heterocycles. The van der Waals surface area contributed by atoms with Crippen LogP contribution >= 0.6 is 7.82 Å². The molecule has 6 rings (SSSR count). The fourth-order valence-corrected chi connectivity index (χ4v) is 11.2. The maximum absolute atomic E-state index is 14.1. The lowest BCUT2D eigenvalue weighted by Crippen LogP contribution is -2.62.